The first-order valence-corrected chi connectivity index (χ1v) is 10.8. The molecule has 0 amide bonds. The van der Waals surface area contributed by atoms with Gasteiger partial charge in [0.15, 0.2) is 5.76 Å². The summed E-state index contributed by atoms with van der Waals surface area (Å²) in [5, 5.41) is 1.68. The number of rotatable bonds is 7. The SMILES string of the molecule is Clc1ccc(OCCSc2nc(-c3ccccc3)c(-c3ccccc3)o2)c(Cl)c1. The van der Waals surface area contributed by atoms with Crippen molar-refractivity contribution in [3.8, 4) is 28.3 Å². The molecule has 0 saturated carbocycles. The predicted octanol–water partition coefficient (Wildman–Crippen LogP) is 7.49. The van der Waals surface area contributed by atoms with E-state index in [0.29, 0.717) is 33.4 Å². The van der Waals surface area contributed by atoms with E-state index in [4.69, 9.17) is 37.3 Å². The molecule has 4 rings (SSSR count). The maximum absolute atomic E-state index is 6.14. The van der Waals surface area contributed by atoms with E-state index in [9.17, 15) is 0 Å². The average Bonchev–Trinajstić information content (AvgIpc) is 3.18. The van der Waals surface area contributed by atoms with Crippen molar-refractivity contribution in [2.45, 2.75) is 5.22 Å². The number of halogens is 2. The van der Waals surface area contributed by atoms with Gasteiger partial charge < -0.3 is 9.15 Å². The topological polar surface area (TPSA) is 35.3 Å². The van der Waals surface area contributed by atoms with Gasteiger partial charge in [-0.3, -0.25) is 0 Å². The zero-order valence-corrected chi connectivity index (χ0v) is 17.7. The van der Waals surface area contributed by atoms with Crippen molar-refractivity contribution in [1.82, 2.24) is 4.98 Å². The van der Waals surface area contributed by atoms with Gasteiger partial charge in [-0.1, -0.05) is 95.6 Å². The van der Waals surface area contributed by atoms with Crippen molar-refractivity contribution in [3.05, 3.63) is 88.9 Å². The van der Waals surface area contributed by atoms with Gasteiger partial charge in [-0.25, -0.2) is 4.98 Å². The van der Waals surface area contributed by atoms with Crippen LogP contribution < -0.4 is 4.74 Å². The summed E-state index contributed by atoms with van der Waals surface area (Å²) in [6.07, 6.45) is 0. The Bertz CT molecular complexity index is 1030. The van der Waals surface area contributed by atoms with Crippen LogP contribution in [0.15, 0.2) is 88.5 Å². The number of ether oxygens (including phenoxy) is 1. The highest BCUT2D eigenvalue weighted by atomic mass is 35.5. The van der Waals surface area contributed by atoms with Crippen LogP contribution in [0.1, 0.15) is 0 Å². The smallest absolute Gasteiger partial charge is 0.256 e. The van der Waals surface area contributed by atoms with Gasteiger partial charge >= 0.3 is 0 Å². The first-order valence-electron chi connectivity index (χ1n) is 9.03. The molecule has 0 bridgehead atoms. The molecule has 1 aromatic heterocycles. The zero-order valence-electron chi connectivity index (χ0n) is 15.3. The van der Waals surface area contributed by atoms with Crippen LogP contribution in [0.2, 0.25) is 10.0 Å². The lowest BCUT2D eigenvalue weighted by molar-refractivity contribution is 0.343. The summed E-state index contributed by atoms with van der Waals surface area (Å²) in [7, 11) is 0. The van der Waals surface area contributed by atoms with Crippen molar-refractivity contribution in [2.75, 3.05) is 12.4 Å². The number of nitrogens with zero attached hydrogens (tertiary/aromatic N) is 1. The van der Waals surface area contributed by atoms with Gasteiger partial charge in [-0.2, -0.15) is 0 Å². The minimum atomic E-state index is 0.468. The normalized spacial score (nSPS) is 10.8. The largest absolute Gasteiger partial charge is 0.491 e. The minimum absolute atomic E-state index is 0.468. The van der Waals surface area contributed by atoms with Crippen molar-refractivity contribution < 1.29 is 9.15 Å². The molecule has 1 heterocycles. The summed E-state index contributed by atoms with van der Waals surface area (Å²) in [6, 6.07) is 25.2. The van der Waals surface area contributed by atoms with E-state index < -0.39 is 0 Å². The lowest BCUT2D eigenvalue weighted by atomic mass is 10.1. The highest BCUT2D eigenvalue weighted by molar-refractivity contribution is 7.99. The minimum Gasteiger partial charge on any atom is -0.491 e. The van der Waals surface area contributed by atoms with Gasteiger partial charge in [0.05, 0.1) is 11.6 Å². The second-order valence-corrected chi connectivity index (χ2v) is 8.05. The van der Waals surface area contributed by atoms with Gasteiger partial charge in [0.25, 0.3) is 5.22 Å². The molecule has 0 atom stereocenters. The molecule has 146 valence electrons. The average molecular weight is 442 g/mol. The summed E-state index contributed by atoms with van der Waals surface area (Å²) < 4.78 is 11.8. The van der Waals surface area contributed by atoms with Crippen molar-refractivity contribution in [3.63, 3.8) is 0 Å². The van der Waals surface area contributed by atoms with Gasteiger partial charge in [0, 0.05) is 21.9 Å². The fourth-order valence-electron chi connectivity index (χ4n) is 2.81. The Labute approximate surface area is 183 Å². The quantitative estimate of drug-likeness (QED) is 0.219. The number of benzene rings is 3. The molecular formula is C23H17Cl2NO2S. The molecular weight excluding hydrogens is 425 g/mol. The molecule has 3 aromatic carbocycles. The highest BCUT2D eigenvalue weighted by Gasteiger charge is 2.17. The predicted molar refractivity (Wildman–Crippen MR) is 120 cm³/mol. The molecule has 3 nitrogen and oxygen atoms in total. The van der Waals surface area contributed by atoms with E-state index in [1.54, 1.807) is 18.2 Å². The summed E-state index contributed by atoms with van der Waals surface area (Å²) in [6.45, 7) is 0.468. The van der Waals surface area contributed by atoms with Crippen LogP contribution in [-0.4, -0.2) is 17.3 Å². The van der Waals surface area contributed by atoms with Gasteiger partial charge in [-0.05, 0) is 18.2 Å². The van der Waals surface area contributed by atoms with Crippen molar-refractivity contribution >= 4 is 35.0 Å². The van der Waals surface area contributed by atoms with E-state index in [-0.39, 0.29) is 0 Å². The Hall–Kier alpha value is -2.40. The third-order valence-electron chi connectivity index (χ3n) is 4.15. The standard InChI is InChI=1S/C23H17Cl2NO2S/c24-18-11-12-20(19(25)15-18)27-13-14-29-23-26-21(16-7-3-1-4-8-16)22(28-23)17-9-5-2-6-10-17/h1-12,15H,13-14H2. The first kappa shape index (κ1) is 19.9. The Kier molecular flexibility index (Phi) is 6.45. The van der Waals surface area contributed by atoms with Crippen LogP contribution in [0.3, 0.4) is 0 Å². The highest BCUT2D eigenvalue weighted by Crippen LogP contribution is 2.35. The van der Waals surface area contributed by atoms with Crippen LogP contribution in [0.5, 0.6) is 5.75 Å². The first-order chi connectivity index (χ1) is 14.2. The molecule has 0 radical (unpaired) electrons. The third-order valence-corrected chi connectivity index (χ3v) is 5.47. The summed E-state index contributed by atoms with van der Waals surface area (Å²) in [4.78, 5) is 4.73. The maximum Gasteiger partial charge on any atom is 0.256 e. The molecule has 0 N–H and O–H groups in total. The number of hydrogen-bond donors (Lipinski definition) is 0. The van der Waals surface area contributed by atoms with Gasteiger partial charge in [0.1, 0.15) is 11.4 Å². The van der Waals surface area contributed by atoms with Gasteiger partial charge in [0.2, 0.25) is 0 Å². The zero-order chi connectivity index (χ0) is 20.1. The Morgan fingerprint density at radius 2 is 1.55 bits per heavy atom. The fourth-order valence-corrected chi connectivity index (χ4v) is 3.91. The molecule has 0 unspecified atom stereocenters. The molecule has 4 aromatic rings. The van der Waals surface area contributed by atoms with E-state index >= 15 is 0 Å². The monoisotopic (exact) mass is 441 g/mol. The Morgan fingerprint density at radius 1 is 0.862 bits per heavy atom. The molecule has 0 aliphatic carbocycles. The number of aromatic nitrogens is 1. The number of oxazole rings is 1. The van der Waals surface area contributed by atoms with Crippen LogP contribution in [0, 0.1) is 0 Å². The van der Waals surface area contributed by atoms with E-state index in [1.165, 1.54) is 11.8 Å². The number of thioether (sulfide) groups is 1. The van der Waals surface area contributed by atoms with E-state index in [1.807, 2.05) is 60.7 Å². The molecule has 0 aliphatic heterocycles. The second kappa shape index (κ2) is 9.40. The molecule has 0 saturated heterocycles. The molecule has 6 heteroatoms. The van der Waals surface area contributed by atoms with E-state index in [2.05, 4.69) is 0 Å². The molecule has 29 heavy (non-hydrogen) atoms. The lowest BCUT2D eigenvalue weighted by Gasteiger charge is -2.07. The molecule has 0 aliphatic rings. The van der Waals surface area contributed by atoms with Crippen LogP contribution in [-0.2, 0) is 0 Å². The second-order valence-electron chi connectivity index (χ2n) is 6.16. The maximum atomic E-state index is 6.14. The van der Waals surface area contributed by atoms with E-state index in [0.717, 1.165) is 22.6 Å². The number of hydrogen-bond acceptors (Lipinski definition) is 4. The Morgan fingerprint density at radius 3 is 2.24 bits per heavy atom. The van der Waals surface area contributed by atoms with Gasteiger partial charge in [-0.15, -0.1) is 0 Å². The molecule has 0 fully saturated rings. The van der Waals surface area contributed by atoms with Crippen molar-refractivity contribution in [2.24, 2.45) is 0 Å². The Balaban J connectivity index is 1.49. The van der Waals surface area contributed by atoms with Crippen LogP contribution in [0.4, 0.5) is 0 Å². The summed E-state index contributed by atoms with van der Waals surface area (Å²) in [5.74, 6) is 2.04. The fraction of sp³-hybridized carbons (Fsp3) is 0.0870. The van der Waals surface area contributed by atoms with Crippen molar-refractivity contribution in [1.29, 1.82) is 0 Å². The molecule has 0 spiro atoms. The summed E-state index contributed by atoms with van der Waals surface area (Å²) in [5.41, 5.74) is 2.85. The summed E-state index contributed by atoms with van der Waals surface area (Å²) >= 11 is 13.6. The lowest BCUT2D eigenvalue weighted by Crippen LogP contribution is -2.00. The third kappa shape index (κ3) is 4.96. The van der Waals surface area contributed by atoms with Crippen LogP contribution >= 0.6 is 35.0 Å². The van der Waals surface area contributed by atoms with Crippen LogP contribution in [0.25, 0.3) is 22.6 Å².